The van der Waals surface area contributed by atoms with Gasteiger partial charge in [0.05, 0.1) is 26.4 Å². The highest BCUT2D eigenvalue weighted by molar-refractivity contribution is 7.47. The van der Waals surface area contributed by atoms with Crippen LogP contribution in [0.25, 0.3) is 0 Å². The van der Waals surface area contributed by atoms with Gasteiger partial charge in [0.25, 0.3) is 0 Å². The third-order valence-electron chi connectivity index (χ3n) is 20.6. The molecule has 0 aliphatic heterocycles. The zero-order chi connectivity index (χ0) is 76.9. The van der Waals surface area contributed by atoms with Gasteiger partial charge in [-0.05, 0) is 31.6 Å². The van der Waals surface area contributed by atoms with Crippen molar-refractivity contribution in [3.05, 3.63) is 0 Å². The van der Waals surface area contributed by atoms with E-state index in [1.165, 1.54) is 289 Å². The maximum atomic E-state index is 13.1. The highest BCUT2D eigenvalue weighted by Crippen LogP contribution is 2.45. The van der Waals surface area contributed by atoms with E-state index in [9.17, 15) is 43.2 Å². The molecule has 0 bridgehead atoms. The predicted molar refractivity (Wildman–Crippen MR) is 432 cm³/mol. The SMILES string of the molecule is CCCCCCCCCCCCCCCCCCC(=O)OC[C@H](COP(=O)(O)OC[C@@H](O)COP(=O)(O)OC[C@@H](COC(=O)CCCCCCCCCCCCCC)OC(=O)CCCCCCCCCCCCCCCCC)OC(=O)CCCCCCCCCCCCCCCCCCCCC(C)CC. The van der Waals surface area contributed by atoms with Crippen molar-refractivity contribution in [3.63, 3.8) is 0 Å². The van der Waals surface area contributed by atoms with E-state index >= 15 is 0 Å². The van der Waals surface area contributed by atoms with Crippen LogP contribution in [0, 0.1) is 5.92 Å². The fourth-order valence-corrected chi connectivity index (χ4v) is 15.0. The van der Waals surface area contributed by atoms with Gasteiger partial charge in [-0.15, -0.1) is 0 Å². The number of hydrogen-bond donors (Lipinski definition) is 3. The lowest BCUT2D eigenvalue weighted by atomic mass is 9.99. The molecule has 19 heteroatoms. The van der Waals surface area contributed by atoms with E-state index in [2.05, 4.69) is 34.6 Å². The summed E-state index contributed by atoms with van der Waals surface area (Å²) in [7, 11) is -9.93. The minimum absolute atomic E-state index is 0.109. The fraction of sp³-hybridized carbons (Fsp3) is 0.953. The Hall–Kier alpha value is -1.94. The van der Waals surface area contributed by atoms with E-state index in [1.807, 2.05) is 0 Å². The number of rotatable bonds is 86. The number of ether oxygens (including phenoxy) is 4. The minimum Gasteiger partial charge on any atom is -0.462 e. The fourth-order valence-electron chi connectivity index (χ4n) is 13.4. The lowest BCUT2D eigenvalue weighted by molar-refractivity contribution is -0.161. The molecule has 3 unspecified atom stereocenters. The molecule has 0 heterocycles. The molecule has 0 aliphatic carbocycles. The second-order valence-corrected chi connectivity index (χ2v) is 34.1. The van der Waals surface area contributed by atoms with Gasteiger partial charge in [0.15, 0.2) is 12.2 Å². The molecule has 17 nitrogen and oxygen atoms in total. The van der Waals surface area contributed by atoms with Gasteiger partial charge in [-0.1, -0.05) is 413 Å². The summed E-state index contributed by atoms with van der Waals surface area (Å²) >= 11 is 0. The summed E-state index contributed by atoms with van der Waals surface area (Å²) in [5.74, 6) is -1.23. The topological polar surface area (TPSA) is 237 Å². The van der Waals surface area contributed by atoms with E-state index in [0.29, 0.717) is 25.7 Å². The van der Waals surface area contributed by atoms with E-state index < -0.39 is 97.5 Å². The number of hydrogen-bond acceptors (Lipinski definition) is 15. The van der Waals surface area contributed by atoms with E-state index in [0.717, 1.165) is 95.8 Å². The van der Waals surface area contributed by atoms with Gasteiger partial charge in [0, 0.05) is 25.7 Å². The monoisotopic (exact) mass is 1540 g/mol. The van der Waals surface area contributed by atoms with Crippen LogP contribution in [-0.2, 0) is 65.4 Å². The third-order valence-corrected chi connectivity index (χ3v) is 22.5. The molecule has 0 aromatic rings. The van der Waals surface area contributed by atoms with Crippen molar-refractivity contribution in [1.29, 1.82) is 0 Å². The van der Waals surface area contributed by atoms with Crippen molar-refractivity contribution < 1.29 is 80.2 Å². The highest BCUT2D eigenvalue weighted by Gasteiger charge is 2.30. The van der Waals surface area contributed by atoms with Gasteiger partial charge in [-0.3, -0.25) is 37.3 Å². The van der Waals surface area contributed by atoms with Crippen LogP contribution < -0.4 is 0 Å². The minimum atomic E-state index is -4.97. The summed E-state index contributed by atoms with van der Waals surface area (Å²) < 4.78 is 68.9. The van der Waals surface area contributed by atoms with Crippen molar-refractivity contribution in [2.24, 2.45) is 5.92 Å². The number of phosphoric acid groups is 2. The first-order chi connectivity index (χ1) is 51.1. The quantitative estimate of drug-likeness (QED) is 0.0222. The average molecular weight is 1540 g/mol. The molecule has 0 aromatic heterocycles. The van der Waals surface area contributed by atoms with Crippen molar-refractivity contribution in [2.45, 2.75) is 483 Å². The second-order valence-electron chi connectivity index (χ2n) is 31.2. The number of aliphatic hydroxyl groups is 1. The van der Waals surface area contributed by atoms with Crippen LogP contribution in [-0.4, -0.2) is 96.7 Å². The third kappa shape index (κ3) is 78.5. The molecular weight excluding hydrogens is 1370 g/mol. The average Bonchev–Trinajstić information content (AvgIpc) is 1.01. The Morgan fingerprint density at radius 3 is 0.676 bits per heavy atom. The van der Waals surface area contributed by atoms with Crippen LogP contribution in [0.4, 0.5) is 0 Å². The normalized spacial score (nSPS) is 14.0. The molecule has 0 aromatic carbocycles. The molecule has 0 aliphatic rings. The molecule has 3 N–H and O–H groups in total. The van der Waals surface area contributed by atoms with Crippen LogP contribution in [0.3, 0.4) is 0 Å². The summed E-state index contributed by atoms with van der Waals surface area (Å²) in [5, 5.41) is 10.7. The first-order valence-electron chi connectivity index (χ1n) is 44.7. The first kappa shape index (κ1) is 103. The standard InChI is InChI=1S/C86H168O17P2/c1-6-10-13-16-19-22-25-28-30-37-40-45-50-55-60-65-70-84(89)97-76-82(103-86(91)72-67-62-57-52-47-42-38-34-32-31-33-36-39-43-48-53-58-63-68-79(5)9-4)78-101-105(94,95)99-74-80(87)73-98-104(92,93)100-77-81(75-96-83(88)69-64-59-54-49-44-27-24-21-18-15-12-8-3)102-85(90)71-66-61-56-51-46-41-35-29-26-23-20-17-14-11-7-2/h79-82,87H,6-78H2,1-5H3,(H,92,93)(H,94,95)/t79?,80-,81+,82+/m0/s1. The summed E-state index contributed by atoms with van der Waals surface area (Å²) in [6, 6.07) is 0. The van der Waals surface area contributed by atoms with Gasteiger partial charge in [-0.2, -0.15) is 0 Å². The zero-order valence-corrected chi connectivity index (χ0v) is 70.7. The van der Waals surface area contributed by atoms with Crippen LogP contribution in [0.5, 0.6) is 0 Å². The molecule has 0 spiro atoms. The number of esters is 4. The number of carbonyl (C=O) groups excluding carboxylic acids is 4. The Morgan fingerprint density at radius 1 is 0.267 bits per heavy atom. The van der Waals surface area contributed by atoms with Crippen molar-refractivity contribution >= 4 is 39.5 Å². The summed E-state index contributed by atoms with van der Waals surface area (Å²) in [4.78, 5) is 73.2. The first-order valence-corrected chi connectivity index (χ1v) is 47.7. The zero-order valence-electron chi connectivity index (χ0n) is 68.9. The number of aliphatic hydroxyl groups excluding tert-OH is 1. The van der Waals surface area contributed by atoms with Gasteiger partial charge >= 0.3 is 39.5 Å². The van der Waals surface area contributed by atoms with Crippen molar-refractivity contribution in [3.8, 4) is 0 Å². The Bertz CT molecular complexity index is 2000. The lowest BCUT2D eigenvalue weighted by Crippen LogP contribution is -2.30. The molecule has 105 heavy (non-hydrogen) atoms. The molecule has 0 amide bonds. The van der Waals surface area contributed by atoms with Gasteiger partial charge in [0.2, 0.25) is 0 Å². The second kappa shape index (κ2) is 78.7. The number of unbranched alkanes of at least 4 members (excludes halogenated alkanes) is 57. The summed E-state index contributed by atoms with van der Waals surface area (Å²) in [6.45, 7) is 7.44. The Morgan fingerprint density at radius 2 is 0.457 bits per heavy atom. The maximum Gasteiger partial charge on any atom is 0.472 e. The lowest BCUT2D eigenvalue weighted by Gasteiger charge is -2.21. The van der Waals surface area contributed by atoms with Crippen LogP contribution in [0.15, 0.2) is 0 Å². The summed E-state index contributed by atoms with van der Waals surface area (Å²) in [6.07, 6.45) is 72.0. The van der Waals surface area contributed by atoms with Crippen molar-refractivity contribution in [2.75, 3.05) is 39.6 Å². The maximum absolute atomic E-state index is 13.1. The van der Waals surface area contributed by atoms with Gasteiger partial charge in [-0.25, -0.2) is 9.13 Å². The number of carbonyl (C=O) groups is 4. The molecule has 6 atom stereocenters. The smallest absolute Gasteiger partial charge is 0.462 e. The Kier molecular flexibility index (Phi) is 77.3. The van der Waals surface area contributed by atoms with Gasteiger partial charge in [0.1, 0.15) is 19.3 Å². The number of phosphoric ester groups is 2. The van der Waals surface area contributed by atoms with E-state index in [-0.39, 0.29) is 25.7 Å². The van der Waals surface area contributed by atoms with E-state index in [1.54, 1.807) is 0 Å². The van der Waals surface area contributed by atoms with Crippen LogP contribution in [0.2, 0.25) is 0 Å². The molecule has 0 radical (unpaired) electrons. The Balaban J connectivity index is 5.24. The van der Waals surface area contributed by atoms with Crippen molar-refractivity contribution in [1.82, 2.24) is 0 Å². The van der Waals surface area contributed by atoms with Crippen LogP contribution in [0.1, 0.15) is 465 Å². The molecule has 624 valence electrons. The van der Waals surface area contributed by atoms with Crippen LogP contribution >= 0.6 is 15.6 Å². The molecule has 0 saturated heterocycles. The largest absolute Gasteiger partial charge is 0.472 e. The highest BCUT2D eigenvalue weighted by atomic mass is 31.2. The molecule has 0 fully saturated rings. The molecule has 0 saturated carbocycles. The van der Waals surface area contributed by atoms with Gasteiger partial charge < -0.3 is 33.8 Å². The molecule has 0 rings (SSSR count). The molecular formula is C86H168O17P2. The summed E-state index contributed by atoms with van der Waals surface area (Å²) in [5.41, 5.74) is 0. The Labute approximate surface area is 645 Å². The predicted octanol–water partition coefficient (Wildman–Crippen LogP) is 26.4. The van der Waals surface area contributed by atoms with E-state index in [4.69, 9.17) is 37.0 Å².